The molecule has 2 aromatic carbocycles. The van der Waals surface area contributed by atoms with Crippen molar-refractivity contribution in [3.05, 3.63) is 66.7 Å². The van der Waals surface area contributed by atoms with Crippen LogP contribution in [-0.4, -0.2) is 34.1 Å². The fraction of sp³-hybridized carbons (Fsp3) is 0.200. The molecule has 8 heteroatoms. The number of carbonyl (C=O) groups excluding carboxylic acids is 1. The van der Waals surface area contributed by atoms with Gasteiger partial charge in [0.15, 0.2) is 6.10 Å². The summed E-state index contributed by atoms with van der Waals surface area (Å²) in [6, 6.07) is 13.9. The third-order valence-corrected chi connectivity index (χ3v) is 5.55. The van der Waals surface area contributed by atoms with E-state index in [1.54, 1.807) is 30.3 Å². The van der Waals surface area contributed by atoms with Crippen LogP contribution in [0.1, 0.15) is 17.3 Å². The lowest BCUT2D eigenvalue weighted by molar-refractivity contribution is 0.0435. The van der Waals surface area contributed by atoms with Crippen molar-refractivity contribution in [3.8, 4) is 11.8 Å². The molecule has 0 aliphatic carbocycles. The molecule has 2 rings (SSSR count). The average Bonchev–Trinajstić information content (AvgIpc) is 2.71. The Morgan fingerprint density at radius 3 is 2.64 bits per heavy atom. The van der Waals surface area contributed by atoms with Gasteiger partial charge < -0.3 is 9.47 Å². The summed E-state index contributed by atoms with van der Waals surface area (Å²) in [6.07, 6.45) is 0.509. The van der Waals surface area contributed by atoms with Crippen molar-refractivity contribution in [2.45, 2.75) is 17.9 Å². The van der Waals surface area contributed by atoms with Crippen LogP contribution in [0, 0.1) is 11.3 Å². The zero-order valence-corrected chi connectivity index (χ0v) is 16.3. The standard InChI is InChI=1S/C20H20N2O5S/c1-4-12-22(18-10-5-6-11-19(18)26-3)28(24,25)17-9-7-8-16(13-17)20(23)27-15(2)14-21/h4-11,13,15H,1,12H2,2-3H3/t15-/m1/s1. The molecular weight excluding hydrogens is 380 g/mol. The highest BCUT2D eigenvalue weighted by molar-refractivity contribution is 7.92. The first kappa shape index (κ1) is 21.0. The third kappa shape index (κ3) is 4.50. The van der Waals surface area contributed by atoms with Crippen LogP contribution in [0.15, 0.2) is 66.1 Å². The summed E-state index contributed by atoms with van der Waals surface area (Å²) < 4.78 is 37.9. The molecule has 28 heavy (non-hydrogen) atoms. The van der Waals surface area contributed by atoms with Crippen molar-refractivity contribution in [3.63, 3.8) is 0 Å². The predicted octanol–water partition coefficient (Wildman–Crippen LogP) is 3.15. The number of carbonyl (C=O) groups is 1. The molecule has 0 aromatic heterocycles. The van der Waals surface area contributed by atoms with Crippen LogP contribution in [0.2, 0.25) is 0 Å². The van der Waals surface area contributed by atoms with Gasteiger partial charge in [-0.05, 0) is 37.3 Å². The molecule has 0 saturated heterocycles. The van der Waals surface area contributed by atoms with Gasteiger partial charge in [0, 0.05) is 0 Å². The van der Waals surface area contributed by atoms with Crippen molar-refractivity contribution in [2.24, 2.45) is 0 Å². The fourth-order valence-corrected chi connectivity index (χ4v) is 3.94. The quantitative estimate of drug-likeness (QED) is 0.499. The van der Waals surface area contributed by atoms with Gasteiger partial charge in [-0.1, -0.05) is 24.3 Å². The van der Waals surface area contributed by atoms with Crippen LogP contribution >= 0.6 is 0 Å². The van der Waals surface area contributed by atoms with E-state index in [1.165, 1.54) is 44.4 Å². The number of rotatable bonds is 8. The second-order valence-corrected chi connectivity index (χ2v) is 7.56. The van der Waals surface area contributed by atoms with Gasteiger partial charge in [-0.25, -0.2) is 13.2 Å². The number of esters is 1. The lowest BCUT2D eigenvalue weighted by Crippen LogP contribution is -2.31. The number of para-hydroxylation sites is 2. The van der Waals surface area contributed by atoms with Crippen molar-refractivity contribution in [2.75, 3.05) is 18.0 Å². The van der Waals surface area contributed by atoms with Gasteiger partial charge in [-0.3, -0.25) is 4.31 Å². The Labute approximate surface area is 164 Å². The van der Waals surface area contributed by atoms with Crippen LogP contribution in [0.3, 0.4) is 0 Å². The lowest BCUT2D eigenvalue weighted by Gasteiger charge is -2.25. The molecule has 0 heterocycles. The van der Waals surface area contributed by atoms with E-state index in [2.05, 4.69) is 6.58 Å². The van der Waals surface area contributed by atoms with Crippen molar-refractivity contribution in [1.29, 1.82) is 5.26 Å². The first-order valence-electron chi connectivity index (χ1n) is 8.32. The van der Waals surface area contributed by atoms with Gasteiger partial charge in [0.25, 0.3) is 10.0 Å². The molecule has 1 atom stereocenters. The second-order valence-electron chi connectivity index (χ2n) is 5.70. The maximum atomic E-state index is 13.3. The number of nitriles is 1. The Morgan fingerprint density at radius 1 is 1.29 bits per heavy atom. The van der Waals surface area contributed by atoms with E-state index in [1.807, 2.05) is 0 Å². The van der Waals surface area contributed by atoms with Crippen molar-refractivity contribution >= 4 is 21.7 Å². The topological polar surface area (TPSA) is 96.7 Å². The van der Waals surface area contributed by atoms with Crippen LogP contribution in [0.5, 0.6) is 5.75 Å². The van der Waals surface area contributed by atoms with Gasteiger partial charge in [0.1, 0.15) is 11.8 Å². The van der Waals surface area contributed by atoms with Gasteiger partial charge in [-0.2, -0.15) is 5.26 Å². The lowest BCUT2D eigenvalue weighted by atomic mass is 10.2. The molecule has 0 aliphatic heterocycles. The highest BCUT2D eigenvalue weighted by Crippen LogP contribution is 2.32. The van der Waals surface area contributed by atoms with E-state index in [-0.39, 0.29) is 17.0 Å². The molecule has 0 bridgehead atoms. The van der Waals surface area contributed by atoms with Crippen LogP contribution < -0.4 is 9.04 Å². The monoisotopic (exact) mass is 400 g/mol. The molecule has 0 aliphatic rings. The minimum Gasteiger partial charge on any atom is -0.495 e. The number of benzene rings is 2. The number of methoxy groups -OCH3 is 1. The highest BCUT2D eigenvalue weighted by atomic mass is 32.2. The number of hydrogen-bond donors (Lipinski definition) is 0. The minimum atomic E-state index is -4.03. The Hall–Kier alpha value is -3.31. The predicted molar refractivity (Wildman–Crippen MR) is 105 cm³/mol. The summed E-state index contributed by atoms with van der Waals surface area (Å²) in [7, 11) is -2.58. The van der Waals surface area contributed by atoms with E-state index in [0.717, 1.165) is 4.31 Å². The fourth-order valence-electron chi connectivity index (χ4n) is 2.44. The number of sulfonamides is 1. The zero-order chi connectivity index (χ0) is 20.7. The first-order valence-corrected chi connectivity index (χ1v) is 9.76. The van der Waals surface area contributed by atoms with Gasteiger partial charge in [-0.15, -0.1) is 6.58 Å². The summed E-state index contributed by atoms with van der Waals surface area (Å²) in [5.74, 6) is -0.398. The normalized spacial score (nSPS) is 11.8. The molecule has 146 valence electrons. The van der Waals surface area contributed by atoms with E-state index >= 15 is 0 Å². The molecule has 7 nitrogen and oxygen atoms in total. The van der Waals surface area contributed by atoms with Crippen LogP contribution in [-0.2, 0) is 14.8 Å². The Bertz CT molecular complexity index is 1010. The molecule has 0 saturated carbocycles. The number of ether oxygens (including phenoxy) is 2. The molecule has 0 unspecified atom stereocenters. The summed E-state index contributed by atoms with van der Waals surface area (Å²) in [6.45, 7) is 5.05. The first-order chi connectivity index (χ1) is 13.3. The largest absolute Gasteiger partial charge is 0.495 e. The minimum absolute atomic E-state index is 0.00282. The van der Waals surface area contributed by atoms with E-state index in [9.17, 15) is 13.2 Å². The summed E-state index contributed by atoms with van der Waals surface area (Å²) >= 11 is 0. The van der Waals surface area contributed by atoms with Crippen molar-refractivity contribution < 1.29 is 22.7 Å². The summed E-state index contributed by atoms with van der Waals surface area (Å²) in [5.41, 5.74) is 0.373. The zero-order valence-electron chi connectivity index (χ0n) is 15.5. The van der Waals surface area contributed by atoms with Gasteiger partial charge in [0.05, 0.1) is 29.8 Å². The third-order valence-electron chi connectivity index (χ3n) is 3.77. The van der Waals surface area contributed by atoms with E-state index in [4.69, 9.17) is 14.7 Å². The number of hydrogen-bond acceptors (Lipinski definition) is 6. The van der Waals surface area contributed by atoms with E-state index < -0.39 is 22.1 Å². The molecule has 0 fully saturated rings. The molecule has 0 spiro atoms. The molecule has 0 N–H and O–H groups in total. The smallest absolute Gasteiger partial charge is 0.339 e. The van der Waals surface area contributed by atoms with Gasteiger partial charge in [0.2, 0.25) is 0 Å². The Kier molecular flexibility index (Phi) is 6.79. The van der Waals surface area contributed by atoms with E-state index in [0.29, 0.717) is 11.4 Å². The molecule has 0 amide bonds. The molecular formula is C20H20N2O5S. The maximum Gasteiger partial charge on any atom is 0.339 e. The van der Waals surface area contributed by atoms with Crippen LogP contribution in [0.4, 0.5) is 5.69 Å². The molecule has 2 aromatic rings. The SMILES string of the molecule is C=CCN(c1ccccc1OC)S(=O)(=O)c1cccc(C(=O)O[C@H](C)C#N)c1. The molecule has 0 radical (unpaired) electrons. The van der Waals surface area contributed by atoms with Crippen molar-refractivity contribution in [1.82, 2.24) is 0 Å². The Morgan fingerprint density at radius 2 is 2.00 bits per heavy atom. The van der Waals surface area contributed by atoms with Crippen LogP contribution in [0.25, 0.3) is 0 Å². The second kappa shape index (κ2) is 9.06. The highest BCUT2D eigenvalue weighted by Gasteiger charge is 2.27. The summed E-state index contributed by atoms with van der Waals surface area (Å²) in [4.78, 5) is 12.0. The average molecular weight is 400 g/mol. The van der Waals surface area contributed by atoms with Gasteiger partial charge >= 0.3 is 5.97 Å². The Balaban J connectivity index is 2.49. The maximum absolute atomic E-state index is 13.3. The summed E-state index contributed by atoms with van der Waals surface area (Å²) in [5, 5.41) is 8.77. The number of nitrogens with zero attached hydrogens (tertiary/aromatic N) is 2. The number of anilines is 1.